The van der Waals surface area contributed by atoms with E-state index in [1.54, 1.807) is 6.92 Å². The third-order valence-corrected chi connectivity index (χ3v) is 3.35. The van der Waals surface area contributed by atoms with Gasteiger partial charge in [-0.3, -0.25) is 5.10 Å². The maximum Gasteiger partial charge on any atom is 0.121 e. The van der Waals surface area contributed by atoms with E-state index >= 15 is 0 Å². The molecule has 0 radical (unpaired) electrons. The monoisotopic (exact) mass is 282 g/mol. The van der Waals surface area contributed by atoms with Crippen molar-refractivity contribution in [3.8, 4) is 5.75 Å². The highest BCUT2D eigenvalue weighted by Crippen LogP contribution is 2.23. The summed E-state index contributed by atoms with van der Waals surface area (Å²) in [5.41, 5.74) is 2.95. The zero-order valence-electron chi connectivity index (χ0n) is 11.9. The molecule has 1 unspecified atom stereocenters. The molecule has 21 heavy (non-hydrogen) atoms. The summed E-state index contributed by atoms with van der Waals surface area (Å²) in [6, 6.07) is 15.9. The van der Waals surface area contributed by atoms with E-state index in [0.29, 0.717) is 13.0 Å². The van der Waals surface area contributed by atoms with E-state index in [1.807, 2.05) is 48.5 Å². The molecule has 0 bridgehead atoms. The fourth-order valence-electron chi connectivity index (χ4n) is 2.32. The largest absolute Gasteiger partial charge is 0.489 e. The number of fused-ring (bicyclic) bond motifs is 1. The second-order valence-electron chi connectivity index (χ2n) is 5.21. The summed E-state index contributed by atoms with van der Waals surface area (Å²) in [5.74, 6) is 0.804. The van der Waals surface area contributed by atoms with Gasteiger partial charge in [0, 0.05) is 17.9 Å². The number of aliphatic hydroxyl groups excluding tert-OH is 1. The SMILES string of the molecule is CC(O)Cc1n[nH]c2cc(OCc3ccccc3)ccc12. The standard InChI is InChI=1S/C17H18N2O2/c1-12(20)9-16-15-8-7-14(10-17(15)19-18-16)21-11-13-5-3-2-4-6-13/h2-8,10,12,20H,9,11H2,1H3,(H,18,19). The Bertz CT molecular complexity index is 720. The minimum Gasteiger partial charge on any atom is -0.489 e. The lowest BCUT2D eigenvalue weighted by atomic mass is 10.1. The minimum absolute atomic E-state index is 0.398. The Balaban J connectivity index is 1.75. The molecule has 108 valence electrons. The molecule has 0 fully saturated rings. The normalized spacial score (nSPS) is 12.5. The summed E-state index contributed by atoms with van der Waals surface area (Å²) < 4.78 is 5.79. The summed E-state index contributed by atoms with van der Waals surface area (Å²) >= 11 is 0. The summed E-state index contributed by atoms with van der Waals surface area (Å²) in [6.07, 6.45) is 0.148. The quantitative estimate of drug-likeness (QED) is 0.756. The fraction of sp³-hybridized carbons (Fsp3) is 0.235. The Morgan fingerprint density at radius 1 is 1.19 bits per heavy atom. The average Bonchev–Trinajstić information content (AvgIpc) is 2.88. The molecule has 1 aromatic heterocycles. The zero-order chi connectivity index (χ0) is 14.7. The van der Waals surface area contributed by atoms with Crippen LogP contribution >= 0.6 is 0 Å². The molecule has 4 nitrogen and oxygen atoms in total. The van der Waals surface area contributed by atoms with Gasteiger partial charge in [-0.05, 0) is 24.6 Å². The molecule has 0 aliphatic heterocycles. The van der Waals surface area contributed by atoms with Gasteiger partial charge in [0.15, 0.2) is 0 Å². The van der Waals surface area contributed by atoms with E-state index in [9.17, 15) is 5.11 Å². The van der Waals surface area contributed by atoms with Crippen LogP contribution in [0.2, 0.25) is 0 Å². The average molecular weight is 282 g/mol. The Labute approximate surface area is 123 Å². The van der Waals surface area contributed by atoms with Crippen molar-refractivity contribution in [2.24, 2.45) is 0 Å². The van der Waals surface area contributed by atoms with Gasteiger partial charge >= 0.3 is 0 Å². The molecule has 0 spiro atoms. The Kier molecular flexibility index (Phi) is 3.88. The van der Waals surface area contributed by atoms with Crippen LogP contribution in [-0.4, -0.2) is 21.4 Å². The number of nitrogens with zero attached hydrogens (tertiary/aromatic N) is 1. The first-order valence-electron chi connectivity index (χ1n) is 7.04. The van der Waals surface area contributed by atoms with Crippen molar-refractivity contribution in [3.05, 3.63) is 59.8 Å². The van der Waals surface area contributed by atoms with Crippen LogP contribution in [-0.2, 0) is 13.0 Å². The van der Waals surface area contributed by atoms with Crippen molar-refractivity contribution in [3.63, 3.8) is 0 Å². The van der Waals surface area contributed by atoms with Crippen LogP contribution in [0, 0.1) is 0 Å². The number of ether oxygens (including phenoxy) is 1. The van der Waals surface area contributed by atoms with Crippen LogP contribution in [0.1, 0.15) is 18.2 Å². The van der Waals surface area contributed by atoms with Crippen LogP contribution < -0.4 is 4.74 Å². The highest BCUT2D eigenvalue weighted by Gasteiger charge is 2.09. The minimum atomic E-state index is -0.398. The number of hydrogen-bond acceptors (Lipinski definition) is 3. The number of aromatic nitrogens is 2. The zero-order valence-corrected chi connectivity index (χ0v) is 11.9. The molecule has 0 saturated heterocycles. The van der Waals surface area contributed by atoms with Crippen molar-refractivity contribution in [1.29, 1.82) is 0 Å². The summed E-state index contributed by atoms with van der Waals surface area (Å²) in [6.45, 7) is 2.30. The Morgan fingerprint density at radius 2 is 2.00 bits per heavy atom. The summed E-state index contributed by atoms with van der Waals surface area (Å²) in [4.78, 5) is 0. The van der Waals surface area contributed by atoms with E-state index < -0.39 is 6.10 Å². The van der Waals surface area contributed by atoms with Gasteiger partial charge in [-0.15, -0.1) is 0 Å². The van der Waals surface area contributed by atoms with Gasteiger partial charge in [-0.1, -0.05) is 30.3 Å². The maximum absolute atomic E-state index is 9.47. The lowest BCUT2D eigenvalue weighted by Crippen LogP contribution is -2.04. The molecule has 1 heterocycles. The van der Waals surface area contributed by atoms with Crippen LogP contribution in [0.4, 0.5) is 0 Å². The number of rotatable bonds is 5. The van der Waals surface area contributed by atoms with Gasteiger partial charge in [-0.25, -0.2) is 0 Å². The van der Waals surface area contributed by atoms with E-state index in [4.69, 9.17) is 4.74 Å². The predicted octanol–water partition coefficient (Wildman–Crippen LogP) is 3.07. The molecule has 3 rings (SSSR count). The number of hydrogen-bond donors (Lipinski definition) is 2. The topological polar surface area (TPSA) is 58.1 Å². The van der Waals surface area contributed by atoms with E-state index in [1.165, 1.54) is 0 Å². The molecular formula is C17H18N2O2. The number of aromatic amines is 1. The third-order valence-electron chi connectivity index (χ3n) is 3.35. The molecule has 1 atom stereocenters. The molecule has 0 aliphatic rings. The highest BCUT2D eigenvalue weighted by atomic mass is 16.5. The van der Waals surface area contributed by atoms with E-state index in [0.717, 1.165) is 27.9 Å². The predicted molar refractivity (Wildman–Crippen MR) is 82.3 cm³/mol. The molecule has 0 saturated carbocycles. The first-order chi connectivity index (χ1) is 10.2. The number of H-pyrrole nitrogens is 1. The Hall–Kier alpha value is -2.33. The van der Waals surface area contributed by atoms with Crippen molar-refractivity contribution < 1.29 is 9.84 Å². The first-order valence-corrected chi connectivity index (χ1v) is 7.04. The second kappa shape index (κ2) is 5.97. The van der Waals surface area contributed by atoms with Gasteiger partial charge in [0.05, 0.1) is 17.3 Å². The lowest BCUT2D eigenvalue weighted by Gasteiger charge is -2.06. The summed E-state index contributed by atoms with van der Waals surface area (Å²) in [5, 5.41) is 17.7. The summed E-state index contributed by atoms with van der Waals surface area (Å²) in [7, 11) is 0. The van der Waals surface area contributed by atoms with Crippen LogP contribution in [0.5, 0.6) is 5.75 Å². The van der Waals surface area contributed by atoms with Crippen molar-refractivity contribution in [2.75, 3.05) is 0 Å². The molecule has 3 aromatic rings. The molecular weight excluding hydrogens is 264 g/mol. The molecule has 4 heteroatoms. The first kappa shape index (κ1) is 13.6. The highest BCUT2D eigenvalue weighted by molar-refractivity contribution is 5.82. The van der Waals surface area contributed by atoms with E-state index in [2.05, 4.69) is 10.2 Å². The number of nitrogens with one attached hydrogen (secondary N) is 1. The van der Waals surface area contributed by atoms with E-state index in [-0.39, 0.29) is 0 Å². The lowest BCUT2D eigenvalue weighted by molar-refractivity contribution is 0.194. The van der Waals surface area contributed by atoms with Gasteiger partial charge in [0.25, 0.3) is 0 Å². The second-order valence-corrected chi connectivity index (χ2v) is 5.21. The van der Waals surface area contributed by atoms with Crippen LogP contribution in [0.15, 0.2) is 48.5 Å². The third kappa shape index (κ3) is 3.23. The Morgan fingerprint density at radius 3 is 2.76 bits per heavy atom. The fourth-order valence-corrected chi connectivity index (χ4v) is 2.32. The van der Waals surface area contributed by atoms with Gasteiger partial charge in [0.2, 0.25) is 0 Å². The van der Waals surface area contributed by atoms with Crippen LogP contribution in [0.25, 0.3) is 10.9 Å². The molecule has 2 N–H and O–H groups in total. The maximum atomic E-state index is 9.47. The van der Waals surface area contributed by atoms with Gasteiger partial charge < -0.3 is 9.84 Å². The van der Waals surface area contributed by atoms with Gasteiger partial charge in [-0.2, -0.15) is 5.10 Å². The number of benzene rings is 2. The van der Waals surface area contributed by atoms with Gasteiger partial charge in [0.1, 0.15) is 12.4 Å². The molecule has 0 aliphatic carbocycles. The van der Waals surface area contributed by atoms with Crippen LogP contribution in [0.3, 0.4) is 0 Å². The number of aliphatic hydroxyl groups is 1. The smallest absolute Gasteiger partial charge is 0.121 e. The van der Waals surface area contributed by atoms with Crippen molar-refractivity contribution in [1.82, 2.24) is 10.2 Å². The van der Waals surface area contributed by atoms with Crippen molar-refractivity contribution >= 4 is 10.9 Å². The molecule has 0 amide bonds. The van der Waals surface area contributed by atoms with Crippen molar-refractivity contribution in [2.45, 2.75) is 26.1 Å². The molecule has 2 aromatic carbocycles.